The summed E-state index contributed by atoms with van der Waals surface area (Å²) in [4.78, 5) is 13.3. The highest BCUT2D eigenvalue weighted by Gasteiger charge is 1.96. The monoisotopic (exact) mass is 154 g/mol. The van der Waals surface area contributed by atoms with Gasteiger partial charge in [0, 0.05) is 0 Å². The molecule has 4 heteroatoms. The van der Waals surface area contributed by atoms with Crippen LogP contribution in [-0.4, -0.2) is 18.2 Å². The van der Waals surface area contributed by atoms with Crippen molar-refractivity contribution in [2.24, 2.45) is 4.99 Å². The molecule has 1 amide bonds. The second-order valence-electron chi connectivity index (χ2n) is 1.65. The lowest BCUT2D eigenvalue weighted by atomic mass is 10.4. The van der Waals surface area contributed by atoms with Gasteiger partial charge in [-0.2, -0.15) is 0 Å². The summed E-state index contributed by atoms with van der Waals surface area (Å²) < 4.78 is 0. The molecule has 0 saturated heterocycles. The average molecular weight is 154 g/mol. The number of hydrogen-bond donors (Lipinski definition) is 2. The van der Waals surface area contributed by atoms with Crippen LogP contribution in [0.3, 0.4) is 0 Å². The topological polar surface area (TPSA) is 61.7 Å². The van der Waals surface area contributed by atoms with Crippen LogP contribution in [0.25, 0.3) is 0 Å². The molecule has 0 aromatic carbocycles. The van der Waals surface area contributed by atoms with E-state index in [-0.39, 0.29) is 11.6 Å². The van der Waals surface area contributed by atoms with E-state index in [1.165, 1.54) is 6.08 Å². The van der Waals surface area contributed by atoms with Crippen LogP contribution in [0, 0.1) is 0 Å². The van der Waals surface area contributed by atoms with Gasteiger partial charge >= 0.3 is 0 Å². The fourth-order valence-corrected chi connectivity index (χ4v) is 0.493. The quantitative estimate of drug-likeness (QED) is 0.271. The molecule has 11 heavy (non-hydrogen) atoms. The molecule has 0 bridgehead atoms. The third kappa shape index (κ3) is 3.20. The number of aliphatic hydroxyl groups excluding tert-OH is 1. The van der Waals surface area contributed by atoms with E-state index < -0.39 is 0 Å². The van der Waals surface area contributed by atoms with E-state index in [9.17, 15) is 4.79 Å². The number of carbonyl (C=O) groups excluding carboxylic acids is 1. The maximum absolute atomic E-state index is 9.91. The number of carbonyl (C=O) groups is 1. The number of aliphatic imine (C=N–C) groups is 1. The Labute approximate surface area is 65.0 Å². The summed E-state index contributed by atoms with van der Waals surface area (Å²) in [5.74, 6) is -0.0623. The molecule has 0 aliphatic carbocycles. The summed E-state index contributed by atoms with van der Waals surface area (Å²) in [7, 11) is 0. The van der Waals surface area contributed by atoms with Gasteiger partial charge in [-0.15, -0.1) is 0 Å². The minimum Gasteiger partial charge on any atom is -0.504 e. The fraction of sp³-hybridized carbons (Fsp3) is 0.143. The van der Waals surface area contributed by atoms with E-state index in [1.54, 1.807) is 13.0 Å². The third-order valence-electron chi connectivity index (χ3n) is 0.921. The first-order valence-corrected chi connectivity index (χ1v) is 2.99. The number of nitrogens with one attached hydrogen (secondary N) is 1. The number of aliphatic hydroxyl groups is 1. The van der Waals surface area contributed by atoms with Crippen molar-refractivity contribution >= 4 is 13.1 Å². The summed E-state index contributed by atoms with van der Waals surface area (Å²) in [6.07, 6.45) is 3.44. The van der Waals surface area contributed by atoms with E-state index in [0.29, 0.717) is 6.41 Å². The number of rotatable bonds is 4. The Morgan fingerprint density at radius 1 is 1.73 bits per heavy atom. The second-order valence-corrected chi connectivity index (χ2v) is 1.65. The van der Waals surface area contributed by atoms with Gasteiger partial charge in [0.2, 0.25) is 6.41 Å². The first-order valence-electron chi connectivity index (χ1n) is 2.99. The van der Waals surface area contributed by atoms with Crippen molar-refractivity contribution in [1.82, 2.24) is 5.32 Å². The highest BCUT2D eigenvalue weighted by atomic mass is 16.3. The van der Waals surface area contributed by atoms with Crippen molar-refractivity contribution in [1.29, 1.82) is 0 Å². The van der Waals surface area contributed by atoms with Gasteiger partial charge in [-0.1, -0.05) is 6.08 Å². The van der Waals surface area contributed by atoms with Crippen LogP contribution in [0.5, 0.6) is 0 Å². The van der Waals surface area contributed by atoms with Crippen molar-refractivity contribution in [2.45, 2.75) is 6.92 Å². The number of hydrogen-bond acceptors (Lipinski definition) is 3. The van der Waals surface area contributed by atoms with E-state index in [0.717, 1.165) is 0 Å². The van der Waals surface area contributed by atoms with Crippen LogP contribution in [0.4, 0.5) is 0 Å². The molecule has 0 fully saturated rings. The highest BCUT2D eigenvalue weighted by molar-refractivity contribution is 5.51. The second kappa shape index (κ2) is 5.22. The summed E-state index contributed by atoms with van der Waals surface area (Å²) in [5.41, 5.74) is 0. The van der Waals surface area contributed by atoms with Crippen molar-refractivity contribution in [2.75, 3.05) is 0 Å². The van der Waals surface area contributed by atoms with Crippen LogP contribution < -0.4 is 5.32 Å². The number of amides is 1. The zero-order chi connectivity index (χ0) is 8.69. The van der Waals surface area contributed by atoms with Crippen LogP contribution in [0.1, 0.15) is 6.92 Å². The van der Waals surface area contributed by atoms with Gasteiger partial charge < -0.3 is 10.4 Å². The summed E-state index contributed by atoms with van der Waals surface area (Å²) >= 11 is 0. The molecule has 60 valence electrons. The van der Waals surface area contributed by atoms with Gasteiger partial charge in [-0.05, 0) is 19.7 Å². The molecule has 0 aliphatic heterocycles. The summed E-state index contributed by atoms with van der Waals surface area (Å²) in [6.45, 7) is 4.89. The van der Waals surface area contributed by atoms with Gasteiger partial charge in [-0.3, -0.25) is 4.79 Å². The Morgan fingerprint density at radius 2 is 2.36 bits per heavy atom. The summed E-state index contributed by atoms with van der Waals surface area (Å²) in [6, 6.07) is 0. The van der Waals surface area contributed by atoms with Crippen LogP contribution >= 0.6 is 0 Å². The third-order valence-corrected chi connectivity index (χ3v) is 0.921. The predicted octanol–water partition coefficient (Wildman–Crippen LogP) is 0.736. The Morgan fingerprint density at radius 3 is 2.73 bits per heavy atom. The molecular formula is C7H10N2O2. The largest absolute Gasteiger partial charge is 0.504 e. The Hall–Kier alpha value is -1.58. The molecule has 0 rings (SSSR count). The average Bonchev–Trinajstić information content (AvgIpc) is 2.00. The number of nitrogens with zero attached hydrogens (tertiary/aromatic N) is 1. The lowest BCUT2D eigenvalue weighted by molar-refractivity contribution is -0.109. The highest BCUT2D eigenvalue weighted by Crippen LogP contribution is 1.98. The first kappa shape index (κ1) is 9.42. The Balaban J connectivity index is 4.51. The lowest BCUT2D eigenvalue weighted by Crippen LogP contribution is -2.10. The molecule has 0 spiro atoms. The van der Waals surface area contributed by atoms with Crippen LogP contribution in [0.15, 0.2) is 28.7 Å². The zero-order valence-corrected chi connectivity index (χ0v) is 6.24. The van der Waals surface area contributed by atoms with Crippen molar-refractivity contribution in [3.8, 4) is 0 Å². The van der Waals surface area contributed by atoms with Crippen molar-refractivity contribution in [3.63, 3.8) is 0 Å². The normalized spacial score (nSPS) is 12.5. The van der Waals surface area contributed by atoms with Crippen molar-refractivity contribution in [3.05, 3.63) is 23.7 Å². The minimum absolute atomic E-state index is 0.0538. The maximum atomic E-state index is 9.91. The molecular weight excluding hydrogens is 144 g/mol. The van der Waals surface area contributed by atoms with Crippen LogP contribution in [0.2, 0.25) is 0 Å². The van der Waals surface area contributed by atoms with E-state index in [4.69, 9.17) is 5.11 Å². The number of allylic oxidation sites excluding steroid dienone is 2. The molecule has 0 unspecified atom stereocenters. The Kier molecular flexibility index (Phi) is 4.47. The van der Waals surface area contributed by atoms with E-state index in [1.807, 2.05) is 0 Å². The van der Waals surface area contributed by atoms with E-state index >= 15 is 0 Å². The molecule has 0 heterocycles. The molecule has 0 radical (unpaired) electrons. The standard InChI is InChI=1S/C7H10N2O2/c1-3-4-6(11)7(8-2)9-5-10/h3-5,11H,2H2,1H3,(H,9,10)/b4-3-,7-6-. The smallest absolute Gasteiger partial charge is 0.212 e. The zero-order valence-electron chi connectivity index (χ0n) is 6.24. The minimum atomic E-state index is -0.116. The molecule has 0 aliphatic rings. The van der Waals surface area contributed by atoms with Gasteiger partial charge in [0.05, 0.1) is 0 Å². The van der Waals surface area contributed by atoms with Crippen LogP contribution in [-0.2, 0) is 4.79 Å². The van der Waals surface area contributed by atoms with Gasteiger partial charge in [0.15, 0.2) is 11.6 Å². The molecule has 0 atom stereocenters. The van der Waals surface area contributed by atoms with E-state index in [2.05, 4.69) is 17.0 Å². The first-order chi connectivity index (χ1) is 5.26. The molecule has 0 saturated carbocycles. The summed E-state index contributed by atoms with van der Waals surface area (Å²) in [5, 5.41) is 11.3. The van der Waals surface area contributed by atoms with Crippen molar-refractivity contribution < 1.29 is 9.90 Å². The Bertz CT molecular complexity index is 206. The lowest BCUT2D eigenvalue weighted by Gasteiger charge is -1.98. The SMILES string of the molecule is C=N/C(NC=O)=C(O)\C=C/C. The predicted molar refractivity (Wildman–Crippen MR) is 43.2 cm³/mol. The van der Waals surface area contributed by atoms with Gasteiger partial charge in [0.25, 0.3) is 0 Å². The fourth-order valence-electron chi connectivity index (χ4n) is 0.493. The maximum Gasteiger partial charge on any atom is 0.212 e. The molecule has 0 aromatic heterocycles. The molecule has 4 nitrogen and oxygen atoms in total. The van der Waals surface area contributed by atoms with Gasteiger partial charge in [0.1, 0.15) is 0 Å². The molecule has 2 N–H and O–H groups in total. The molecule has 0 aromatic rings. The van der Waals surface area contributed by atoms with Gasteiger partial charge in [-0.25, -0.2) is 4.99 Å².